The number of hydrogen-bond donors (Lipinski definition) is 3. The van der Waals surface area contributed by atoms with E-state index >= 15 is 0 Å². The Labute approximate surface area is 131 Å². The average Bonchev–Trinajstić information content (AvgIpc) is 3.33. The van der Waals surface area contributed by atoms with Crippen LogP contribution >= 0.6 is 0 Å². The van der Waals surface area contributed by atoms with Gasteiger partial charge in [0.2, 0.25) is 11.8 Å². The molecule has 0 saturated heterocycles. The molecule has 1 aromatic rings. The second-order valence-electron chi connectivity index (χ2n) is 5.88. The van der Waals surface area contributed by atoms with Crippen molar-refractivity contribution in [1.82, 2.24) is 10.6 Å². The first-order valence-electron chi connectivity index (χ1n) is 7.95. The minimum Gasteiger partial charge on any atom is -0.350 e. The van der Waals surface area contributed by atoms with Gasteiger partial charge in [0.25, 0.3) is 0 Å². The molecule has 1 fully saturated rings. The van der Waals surface area contributed by atoms with E-state index in [1.54, 1.807) is 0 Å². The van der Waals surface area contributed by atoms with Crippen molar-refractivity contribution in [3.63, 3.8) is 0 Å². The van der Waals surface area contributed by atoms with Gasteiger partial charge in [-0.25, -0.2) is 0 Å². The lowest BCUT2D eigenvalue weighted by Gasteiger charge is -2.15. The molecule has 1 atom stereocenters. The molecule has 2 rings (SSSR count). The van der Waals surface area contributed by atoms with Gasteiger partial charge in [0.1, 0.15) is 0 Å². The molecule has 1 aromatic carbocycles. The number of nitrogens with one attached hydrogen (secondary N) is 3. The van der Waals surface area contributed by atoms with Crippen molar-refractivity contribution in [1.29, 1.82) is 0 Å². The van der Waals surface area contributed by atoms with Crippen molar-refractivity contribution in [2.75, 3.05) is 18.9 Å². The fourth-order valence-corrected chi connectivity index (χ4v) is 2.27. The Hall–Kier alpha value is -1.88. The maximum Gasteiger partial charge on any atom is 0.227 e. The normalized spacial score (nSPS) is 15.2. The average molecular weight is 303 g/mol. The zero-order chi connectivity index (χ0) is 15.9. The SMILES string of the molecule is CNCCCC(=O)NC(C)c1ccc(NC(=O)C2CC2)cc1. The fourth-order valence-electron chi connectivity index (χ4n) is 2.27. The van der Waals surface area contributed by atoms with Gasteiger partial charge in [0, 0.05) is 18.0 Å². The largest absolute Gasteiger partial charge is 0.350 e. The van der Waals surface area contributed by atoms with E-state index in [0.717, 1.165) is 37.1 Å². The number of rotatable bonds is 8. The third-order valence-corrected chi connectivity index (χ3v) is 3.83. The predicted octanol–water partition coefficient (Wildman–Crippen LogP) is 2.21. The van der Waals surface area contributed by atoms with Crippen LogP contribution in [0.4, 0.5) is 5.69 Å². The molecule has 0 heterocycles. The highest BCUT2D eigenvalue weighted by Gasteiger charge is 2.29. The fraction of sp³-hybridized carbons (Fsp3) is 0.529. The van der Waals surface area contributed by atoms with Gasteiger partial charge in [0.15, 0.2) is 0 Å². The summed E-state index contributed by atoms with van der Waals surface area (Å²) < 4.78 is 0. The van der Waals surface area contributed by atoms with E-state index in [0.29, 0.717) is 6.42 Å². The molecule has 0 radical (unpaired) electrons. The maximum atomic E-state index is 11.8. The molecule has 3 N–H and O–H groups in total. The van der Waals surface area contributed by atoms with E-state index in [2.05, 4.69) is 16.0 Å². The summed E-state index contributed by atoms with van der Waals surface area (Å²) >= 11 is 0. The highest BCUT2D eigenvalue weighted by molar-refractivity contribution is 5.94. The van der Waals surface area contributed by atoms with Crippen LogP contribution in [0.15, 0.2) is 24.3 Å². The highest BCUT2D eigenvalue weighted by Crippen LogP contribution is 2.30. The van der Waals surface area contributed by atoms with Gasteiger partial charge in [-0.15, -0.1) is 0 Å². The molecule has 0 aliphatic heterocycles. The molecule has 120 valence electrons. The van der Waals surface area contributed by atoms with Gasteiger partial charge in [-0.1, -0.05) is 12.1 Å². The summed E-state index contributed by atoms with van der Waals surface area (Å²) in [6, 6.07) is 7.64. The lowest BCUT2D eigenvalue weighted by atomic mass is 10.1. The Morgan fingerprint density at radius 3 is 2.50 bits per heavy atom. The van der Waals surface area contributed by atoms with Gasteiger partial charge >= 0.3 is 0 Å². The molecular formula is C17H25N3O2. The summed E-state index contributed by atoms with van der Waals surface area (Å²) in [5, 5.41) is 8.93. The number of carbonyl (C=O) groups is 2. The number of carbonyl (C=O) groups excluding carboxylic acids is 2. The van der Waals surface area contributed by atoms with Crippen LogP contribution in [0.25, 0.3) is 0 Å². The van der Waals surface area contributed by atoms with Crippen molar-refractivity contribution in [2.24, 2.45) is 5.92 Å². The summed E-state index contributed by atoms with van der Waals surface area (Å²) in [5.74, 6) is 0.378. The van der Waals surface area contributed by atoms with Crippen LogP contribution in [-0.2, 0) is 9.59 Å². The molecule has 5 heteroatoms. The third kappa shape index (κ3) is 5.15. The molecule has 0 spiro atoms. The first kappa shape index (κ1) is 16.5. The van der Waals surface area contributed by atoms with Gasteiger partial charge in [0.05, 0.1) is 6.04 Å². The predicted molar refractivity (Wildman–Crippen MR) is 87.5 cm³/mol. The van der Waals surface area contributed by atoms with Gasteiger partial charge in [-0.2, -0.15) is 0 Å². The van der Waals surface area contributed by atoms with Crippen molar-refractivity contribution in [2.45, 2.75) is 38.6 Å². The smallest absolute Gasteiger partial charge is 0.227 e. The number of benzene rings is 1. The Balaban J connectivity index is 1.80. The Morgan fingerprint density at radius 2 is 1.91 bits per heavy atom. The molecule has 2 amide bonds. The van der Waals surface area contributed by atoms with Gasteiger partial charge in [-0.3, -0.25) is 9.59 Å². The van der Waals surface area contributed by atoms with Crippen molar-refractivity contribution in [3.05, 3.63) is 29.8 Å². The van der Waals surface area contributed by atoms with Gasteiger partial charge in [-0.05, 0) is 57.5 Å². The minimum atomic E-state index is -0.0322. The van der Waals surface area contributed by atoms with E-state index in [4.69, 9.17) is 0 Å². The van der Waals surface area contributed by atoms with E-state index in [1.165, 1.54) is 0 Å². The van der Waals surface area contributed by atoms with Crippen molar-refractivity contribution < 1.29 is 9.59 Å². The zero-order valence-electron chi connectivity index (χ0n) is 13.3. The first-order chi connectivity index (χ1) is 10.6. The van der Waals surface area contributed by atoms with Crippen molar-refractivity contribution >= 4 is 17.5 Å². The maximum absolute atomic E-state index is 11.8. The Morgan fingerprint density at radius 1 is 1.23 bits per heavy atom. The van der Waals surface area contributed by atoms with E-state index in [-0.39, 0.29) is 23.8 Å². The molecule has 1 aliphatic carbocycles. The molecular weight excluding hydrogens is 278 g/mol. The van der Waals surface area contributed by atoms with E-state index in [1.807, 2.05) is 38.2 Å². The molecule has 5 nitrogen and oxygen atoms in total. The van der Waals surface area contributed by atoms with Crippen LogP contribution in [0.2, 0.25) is 0 Å². The van der Waals surface area contributed by atoms with Gasteiger partial charge < -0.3 is 16.0 Å². The molecule has 0 bridgehead atoms. The van der Waals surface area contributed by atoms with E-state index < -0.39 is 0 Å². The Kier molecular flexibility index (Phi) is 5.95. The number of anilines is 1. The van der Waals surface area contributed by atoms with Crippen LogP contribution < -0.4 is 16.0 Å². The molecule has 1 unspecified atom stereocenters. The quantitative estimate of drug-likeness (QED) is 0.645. The summed E-state index contributed by atoms with van der Waals surface area (Å²) in [5.41, 5.74) is 1.85. The summed E-state index contributed by atoms with van der Waals surface area (Å²) in [7, 11) is 1.88. The second-order valence-corrected chi connectivity index (χ2v) is 5.88. The topological polar surface area (TPSA) is 70.2 Å². The summed E-state index contributed by atoms with van der Waals surface area (Å²) in [6.45, 7) is 2.81. The number of hydrogen-bond acceptors (Lipinski definition) is 3. The van der Waals surface area contributed by atoms with Crippen LogP contribution in [-0.4, -0.2) is 25.4 Å². The monoisotopic (exact) mass is 303 g/mol. The third-order valence-electron chi connectivity index (χ3n) is 3.83. The van der Waals surface area contributed by atoms with Crippen molar-refractivity contribution in [3.8, 4) is 0 Å². The Bertz CT molecular complexity index is 509. The minimum absolute atomic E-state index is 0.0322. The molecule has 1 saturated carbocycles. The second kappa shape index (κ2) is 7.94. The van der Waals surface area contributed by atoms with Crippen LogP contribution in [0.3, 0.4) is 0 Å². The van der Waals surface area contributed by atoms with E-state index in [9.17, 15) is 9.59 Å². The first-order valence-corrected chi connectivity index (χ1v) is 7.95. The molecule has 0 aromatic heterocycles. The van der Waals surface area contributed by atoms with Crippen LogP contribution in [0.5, 0.6) is 0 Å². The standard InChI is InChI=1S/C17H25N3O2/c1-12(19-16(21)4-3-11-18-2)13-7-9-15(10-8-13)20-17(22)14-5-6-14/h7-10,12,14,18H,3-6,11H2,1-2H3,(H,19,21)(H,20,22). The molecule has 1 aliphatic rings. The molecule has 22 heavy (non-hydrogen) atoms. The lowest BCUT2D eigenvalue weighted by molar-refractivity contribution is -0.121. The highest BCUT2D eigenvalue weighted by atomic mass is 16.2. The lowest BCUT2D eigenvalue weighted by Crippen LogP contribution is -2.27. The summed E-state index contributed by atoms with van der Waals surface area (Å²) in [6.07, 6.45) is 3.36. The van der Waals surface area contributed by atoms with Crippen LogP contribution in [0, 0.1) is 5.92 Å². The zero-order valence-corrected chi connectivity index (χ0v) is 13.3. The number of amides is 2. The summed E-state index contributed by atoms with van der Waals surface area (Å²) in [4.78, 5) is 23.5. The van der Waals surface area contributed by atoms with Crippen LogP contribution in [0.1, 0.15) is 44.2 Å².